The van der Waals surface area contributed by atoms with Gasteiger partial charge in [-0.1, -0.05) is 41.9 Å². The lowest BCUT2D eigenvalue weighted by Crippen LogP contribution is -2.27. The molecule has 1 aromatic heterocycles. The zero-order valence-electron chi connectivity index (χ0n) is 15.9. The predicted molar refractivity (Wildman–Crippen MR) is 111 cm³/mol. The van der Waals surface area contributed by atoms with Gasteiger partial charge in [-0.3, -0.25) is 9.59 Å². The van der Waals surface area contributed by atoms with Crippen LogP contribution in [0.25, 0.3) is 11.4 Å². The Balaban J connectivity index is 1.52. The van der Waals surface area contributed by atoms with Crippen LogP contribution in [0.2, 0.25) is 5.02 Å². The van der Waals surface area contributed by atoms with Crippen molar-refractivity contribution in [1.82, 2.24) is 20.5 Å². The average Bonchev–Trinajstić information content (AvgIpc) is 2.73. The molecule has 0 aliphatic carbocycles. The first kappa shape index (κ1) is 20.5. The van der Waals surface area contributed by atoms with E-state index in [1.54, 1.807) is 31.4 Å². The molecular weight excluding hydrogens is 392 g/mol. The van der Waals surface area contributed by atoms with E-state index in [2.05, 4.69) is 20.5 Å². The maximum atomic E-state index is 12.2. The summed E-state index contributed by atoms with van der Waals surface area (Å²) < 4.78 is 5.30. The molecule has 2 aromatic carbocycles. The molecule has 7 nitrogen and oxygen atoms in total. The number of nitrogens with zero attached hydrogens (tertiary/aromatic N) is 2. The van der Waals surface area contributed by atoms with Crippen molar-refractivity contribution in [1.29, 1.82) is 0 Å². The number of para-hydroxylation sites is 1. The normalized spacial score (nSPS) is 10.6. The van der Waals surface area contributed by atoms with Crippen LogP contribution in [0.15, 0.2) is 53.3 Å². The summed E-state index contributed by atoms with van der Waals surface area (Å²) in [5.74, 6) is 0.978. The topological polar surface area (TPSA) is 97.0 Å². The number of aromatic amines is 1. The highest BCUT2D eigenvalue weighted by atomic mass is 35.5. The number of halogens is 1. The summed E-state index contributed by atoms with van der Waals surface area (Å²) in [7, 11) is 1.62. The zero-order chi connectivity index (χ0) is 20.6. The van der Waals surface area contributed by atoms with Crippen molar-refractivity contribution in [3.63, 3.8) is 0 Å². The van der Waals surface area contributed by atoms with E-state index in [1.807, 2.05) is 24.3 Å². The third kappa shape index (κ3) is 5.65. The van der Waals surface area contributed by atoms with E-state index in [0.717, 1.165) is 11.3 Å². The van der Waals surface area contributed by atoms with Crippen LogP contribution in [0, 0.1) is 0 Å². The van der Waals surface area contributed by atoms with Gasteiger partial charge in [-0.05, 0) is 30.2 Å². The van der Waals surface area contributed by atoms with E-state index >= 15 is 0 Å². The molecule has 0 atom stereocenters. The standard InChI is InChI=1S/C21H21ClN4O3/c1-29-18-8-3-2-5-14(18)11-12-23-19(27)10-9-17-21(28)24-20(26-25-17)15-6-4-7-16(22)13-15/h2-8,13H,9-12H2,1H3,(H,23,27)(H,24,26,28). The smallest absolute Gasteiger partial charge is 0.273 e. The van der Waals surface area contributed by atoms with Gasteiger partial charge in [0.25, 0.3) is 5.56 Å². The number of benzene rings is 2. The van der Waals surface area contributed by atoms with Crippen molar-refractivity contribution < 1.29 is 9.53 Å². The van der Waals surface area contributed by atoms with Crippen molar-refractivity contribution in [3.8, 4) is 17.1 Å². The van der Waals surface area contributed by atoms with Crippen LogP contribution in [0.4, 0.5) is 0 Å². The van der Waals surface area contributed by atoms with Crippen molar-refractivity contribution in [3.05, 3.63) is 75.2 Å². The Kier molecular flexibility index (Phi) is 6.97. The van der Waals surface area contributed by atoms with Gasteiger partial charge in [-0.25, -0.2) is 0 Å². The number of carbonyl (C=O) groups excluding carboxylic acids is 1. The number of aryl methyl sites for hydroxylation is 1. The molecule has 0 saturated carbocycles. The quantitative estimate of drug-likeness (QED) is 0.593. The van der Waals surface area contributed by atoms with Crippen molar-refractivity contribution in [2.75, 3.05) is 13.7 Å². The minimum atomic E-state index is -0.364. The molecule has 0 aliphatic heterocycles. The van der Waals surface area contributed by atoms with Crippen LogP contribution in [0.1, 0.15) is 17.7 Å². The number of hydrogen-bond donors (Lipinski definition) is 2. The molecule has 0 bridgehead atoms. The van der Waals surface area contributed by atoms with Gasteiger partial charge in [0.1, 0.15) is 11.4 Å². The second-order valence-electron chi connectivity index (χ2n) is 6.37. The highest BCUT2D eigenvalue weighted by Crippen LogP contribution is 2.18. The number of carbonyl (C=O) groups is 1. The number of H-pyrrole nitrogens is 1. The predicted octanol–water partition coefficient (Wildman–Crippen LogP) is 2.79. The number of hydrogen-bond acceptors (Lipinski definition) is 5. The zero-order valence-corrected chi connectivity index (χ0v) is 16.7. The monoisotopic (exact) mass is 412 g/mol. The van der Waals surface area contributed by atoms with Crippen LogP contribution in [-0.4, -0.2) is 34.7 Å². The minimum absolute atomic E-state index is 0.153. The van der Waals surface area contributed by atoms with Gasteiger partial charge < -0.3 is 15.0 Å². The van der Waals surface area contributed by atoms with E-state index < -0.39 is 0 Å². The van der Waals surface area contributed by atoms with Gasteiger partial charge in [-0.2, -0.15) is 0 Å². The van der Waals surface area contributed by atoms with Crippen LogP contribution in [-0.2, 0) is 17.6 Å². The molecule has 0 aliphatic rings. The summed E-state index contributed by atoms with van der Waals surface area (Å²) in [6, 6.07) is 14.6. The van der Waals surface area contributed by atoms with Gasteiger partial charge in [0.2, 0.25) is 5.91 Å². The lowest BCUT2D eigenvalue weighted by Gasteiger charge is -2.09. The van der Waals surface area contributed by atoms with E-state index in [9.17, 15) is 9.59 Å². The fraction of sp³-hybridized carbons (Fsp3) is 0.238. The lowest BCUT2D eigenvalue weighted by atomic mass is 10.1. The summed E-state index contributed by atoms with van der Waals surface area (Å²) >= 11 is 5.96. The van der Waals surface area contributed by atoms with Gasteiger partial charge in [0.05, 0.1) is 7.11 Å². The van der Waals surface area contributed by atoms with Crippen LogP contribution in [0.3, 0.4) is 0 Å². The Morgan fingerprint density at radius 1 is 1.14 bits per heavy atom. The van der Waals surface area contributed by atoms with Crippen molar-refractivity contribution in [2.24, 2.45) is 0 Å². The van der Waals surface area contributed by atoms with E-state index in [0.29, 0.717) is 29.4 Å². The molecule has 3 rings (SSSR count). The summed E-state index contributed by atoms with van der Waals surface area (Å²) in [4.78, 5) is 27.0. The lowest BCUT2D eigenvalue weighted by molar-refractivity contribution is -0.121. The van der Waals surface area contributed by atoms with Gasteiger partial charge in [-0.15, -0.1) is 10.2 Å². The molecule has 0 unspecified atom stereocenters. The maximum absolute atomic E-state index is 12.2. The fourth-order valence-electron chi connectivity index (χ4n) is 2.86. The molecule has 2 N–H and O–H groups in total. The van der Waals surface area contributed by atoms with Gasteiger partial charge in [0, 0.05) is 30.0 Å². The van der Waals surface area contributed by atoms with Crippen LogP contribution in [0.5, 0.6) is 5.75 Å². The third-order valence-corrected chi connectivity index (χ3v) is 4.60. The molecule has 0 fully saturated rings. The summed E-state index contributed by atoms with van der Waals surface area (Å²) in [5.41, 5.74) is 1.55. The van der Waals surface area contributed by atoms with Gasteiger partial charge >= 0.3 is 0 Å². The fourth-order valence-corrected chi connectivity index (χ4v) is 3.05. The number of aromatic nitrogens is 3. The molecule has 0 spiro atoms. The second-order valence-corrected chi connectivity index (χ2v) is 6.81. The highest BCUT2D eigenvalue weighted by molar-refractivity contribution is 6.30. The maximum Gasteiger partial charge on any atom is 0.273 e. The van der Waals surface area contributed by atoms with Crippen molar-refractivity contribution in [2.45, 2.75) is 19.3 Å². The number of nitrogens with one attached hydrogen (secondary N) is 2. The number of ether oxygens (including phenoxy) is 1. The Morgan fingerprint density at radius 3 is 2.72 bits per heavy atom. The Morgan fingerprint density at radius 2 is 1.97 bits per heavy atom. The molecule has 1 amide bonds. The summed E-state index contributed by atoms with van der Waals surface area (Å²) in [5, 5.41) is 11.4. The Hall–Kier alpha value is -3.19. The SMILES string of the molecule is COc1ccccc1CCNC(=O)CCc1nnc(-c2cccc(Cl)c2)[nH]c1=O. The second kappa shape index (κ2) is 9.84. The molecule has 1 heterocycles. The first-order chi connectivity index (χ1) is 14.1. The first-order valence-electron chi connectivity index (χ1n) is 9.17. The molecule has 8 heteroatoms. The molecule has 0 radical (unpaired) electrons. The number of amides is 1. The molecule has 29 heavy (non-hydrogen) atoms. The minimum Gasteiger partial charge on any atom is -0.496 e. The number of rotatable bonds is 8. The molecule has 150 valence electrons. The van der Waals surface area contributed by atoms with Crippen LogP contribution >= 0.6 is 11.6 Å². The van der Waals surface area contributed by atoms with Gasteiger partial charge in [0.15, 0.2) is 5.82 Å². The van der Waals surface area contributed by atoms with E-state index in [1.165, 1.54) is 0 Å². The first-order valence-corrected chi connectivity index (χ1v) is 9.55. The largest absolute Gasteiger partial charge is 0.496 e. The third-order valence-electron chi connectivity index (χ3n) is 4.36. The molecular formula is C21H21ClN4O3. The Labute approximate surface area is 173 Å². The van der Waals surface area contributed by atoms with Crippen molar-refractivity contribution >= 4 is 17.5 Å². The van der Waals surface area contributed by atoms with Crippen LogP contribution < -0.4 is 15.6 Å². The average molecular weight is 413 g/mol. The summed E-state index contributed by atoms with van der Waals surface area (Å²) in [6.45, 7) is 0.481. The Bertz CT molecular complexity index is 1050. The summed E-state index contributed by atoms with van der Waals surface area (Å²) in [6.07, 6.45) is 1.02. The highest BCUT2D eigenvalue weighted by Gasteiger charge is 2.10. The number of methoxy groups -OCH3 is 1. The molecule has 3 aromatic rings. The molecule has 0 saturated heterocycles. The van der Waals surface area contributed by atoms with E-state index in [-0.39, 0.29) is 30.0 Å². The van der Waals surface area contributed by atoms with E-state index in [4.69, 9.17) is 16.3 Å².